The van der Waals surface area contributed by atoms with Crippen LogP contribution in [0.25, 0.3) is 5.69 Å². The molecule has 8 heteroatoms. The molecule has 1 heterocycles. The van der Waals surface area contributed by atoms with E-state index in [0.29, 0.717) is 16.9 Å². The number of aryl methyl sites for hydroxylation is 2. The normalized spacial score (nSPS) is 11.4. The lowest BCUT2D eigenvalue weighted by molar-refractivity contribution is 0.0944. The van der Waals surface area contributed by atoms with Gasteiger partial charge in [-0.2, -0.15) is 0 Å². The summed E-state index contributed by atoms with van der Waals surface area (Å²) in [5, 5.41) is 0. The van der Waals surface area contributed by atoms with Crippen LogP contribution < -0.4 is 10.3 Å². The highest BCUT2D eigenvalue weighted by Gasteiger charge is 2.20. The predicted molar refractivity (Wildman–Crippen MR) is 109 cm³/mol. The average molecular weight is 415 g/mol. The number of sulfonamides is 1. The summed E-state index contributed by atoms with van der Waals surface area (Å²) in [4.78, 5) is 14.8. The van der Waals surface area contributed by atoms with Gasteiger partial charge in [0.15, 0.2) is 0 Å². The van der Waals surface area contributed by atoms with Crippen LogP contribution in [-0.2, 0) is 16.4 Å². The summed E-state index contributed by atoms with van der Waals surface area (Å²) < 4.78 is 39.8. The van der Waals surface area contributed by atoms with Crippen molar-refractivity contribution in [3.05, 3.63) is 82.9 Å². The van der Waals surface area contributed by atoms with Gasteiger partial charge < -0.3 is 4.57 Å². The summed E-state index contributed by atoms with van der Waals surface area (Å²) >= 11 is 0. The minimum Gasteiger partial charge on any atom is -0.318 e. The molecule has 1 amide bonds. The lowest BCUT2D eigenvalue weighted by Gasteiger charge is -2.11. The van der Waals surface area contributed by atoms with Gasteiger partial charge in [0, 0.05) is 17.1 Å². The van der Waals surface area contributed by atoms with E-state index < -0.39 is 15.9 Å². The molecule has 0 aliphatic rings. The van der Waals surface area contributed by atoms with Gasteiger partial charge in [0.25, 0.3) is 15.9 Å². The van der Waals surface area contributed by atoms with Crippen molar-refractivity contribution in [2.75, 3.05) is 0 Å². The van der Waals surface area contributed by atoms with E-state index in [1.807, 2.05) is 13.8 Å². The molecule has 2 aromatic carbocycles. The minimum atomic E-state index is -3.89. The molecule has 0 saturated carbocycles. The van der Waals surface area contributed by atoms with Gasteiger partial charge in [-0.1, -0.05) is 19.1 Å². The maximum absolute atomic E-state index is 13.2. The SMILES string of the molecule is CCc1ccc(S(=O)(=O)NNC(=O)c2cc(C)n(-c3ccc(F)cc3)c2C)cc1. The molecule has 0 saturated heterocycles. The quantitative estimate of drug-likeness (QED) is 0.606. The Hall–Kier alpha value is -2.97. The van der Waals surface area contributed by atoms with Crippen molar-refractivity contribution in [1.29, 1.82) is 0 Å². The Labute approximate surface area is 169 Å². The third kappa shape index (κ3) is 4.38. The van der Waals surface area contributed by atoms with Crippen LogP contribution in [-0.4, -0.2) is 18.9 Å². The van der Waals surface area contributed by atoms with Gasteiger partial charge in [0.1, 0.15) is 5.82 Å². The van der Waals surface area contributed by atoms with E-state index in [9.17, 15) is 17.6 Å². The van der Waals surface area contributed by atoms with E-state index in [-0.39, 0.29) is 10.7 Å². The van der Waals surface area contributed by atoms with Crippen molar-refractivity contribution < 1.29 is 17.6 Å². The molecular weight excluding hydrogens is 393 g/mol. The first kappa shape index (κ1) is 20.8. The number of carbonyl (C=O) groups excluding carboxylic acids is 1. The Bertz CT molecular complexity index is 1140. The van der Waals surface area contributed by atoms with Gasteiger partial charge in [-0.3, -0.25) is 10.2 Å². The fourth-order valence-electron chi connectivity index (χ4n) is 3.12. The number of rotatable bonds is 6. The maximum Gasteiger partial charge on any atom is 0.268 e. The maximum atomic E-state index is 13.2. The molecule has 152 valence electrons. The van der Waals surface area contributed by atoms with E-state index in [1.165, 1.54) is 24.3 Å². The fourth-order valence-corrected chi connectivity index (χ4v) is 3.96. The Morgan fingerprint density at radius 2 is 1.66 bits per heavy atom. The van der Waals surface area contributed by atoms with Crippen LogP contribution in [0.3, 0.4) is 0 Å². The van der Waals surface area contributed by atoms with Crippen LogP contribution in [0.5, 0.6) is 0 Å². The molecule has 0 aliphatic heterocycles. The summed E-state index contributed by atoms with van der Waals surface area (Å²) in [5.74, 6) is -0.934. The number of benzene rings is 2. The monoisotopic (exact) mass is 415 g/mol. The van der Waals surface area contributed by atoms with Crippen molar-refractivity contribution in [2.45, 2.75) is 32.1 Å². The second kappa shape index (κ2) is 8.18. The zero-order valence-corrected chi connectivity index (χ0v) is 17.2. The first-order chi connectivity index (χ1) is 13.7. The Balaban J connectivity index is 1.79. The Kier molecular flexibility index (Phi) is 5.86. The number of aromatic nitrogens is 1. The molecule has 6 nitrogen and oxygen atoms in total. The molecule has 0 fully saturated rings. The third-order valence-electron chi connectivity index (χ3n) is 4.70. The number of amides is 1. The number of hydrazine groups is 1. The molecule has 3 aromatic rings. The highest BCUT2D eigenvalue weighted by Crippen LogP contribution is 2.21. The number of hydrogen-bond acceptors (Lipinski definition) is 3. The second-order valence-electron chi connectivity index (χ2n) is 6.65. The predicted octanol–water partition coefficient (Wildman–Crippen LogP) is 3.42. The first-order valence-corrected chi connectivity index (χ1v) is 10.6. The number of carbonyl (C=O) groups is 1. The minimum absolute atomic E-state index is 0.0618. The topological polar surface area (TPSA) is 80.2 Å². The zero-order valence-electron chi connectivity index (χ0n) is 16.4. The van der Waals surface area contributed by atoms with E-state index in [1.54, 1.807) is 41.8 Å². The van der Waals surface area contributed by atoms with Gasteiger partial charge in [-0.25, -0.2) is 12.8 Å². The second-order valence-corrected chi connectivity index (χ2v) is 8.34. The van der Waals surface area contributed by atoms with E-state index in [2.05, 4.69) is 10.3 Å². The highest BCUT2D eigenvalue weighted by molar-refractivity contribution is 7.89. The fraction of sp³-hybridized carbons (Fsp3) is 0.190. The average Bonchev–Trinajstić information content (AvgIpc) is 3.01. The summed E-state index contributed by atoms with van der Waals surface area (Å²) in [6, 6.07) is 14.0. The molecule has 0 bridgehead atoms. The van der Waals surface area contributed by atoms with E-state index in [0.717, 1.165) is 17.7 Å². The molecule has 2 N–H and O–H groups in total. The lowest BCUT2D eigenvalue weighted by atomic mass is 10.2. The molecule has 0 radical (unpaired) electrons. The molecule has 0 spiro atoms. The highest BCUT2D eigenvalue weighted by atomic mass is 32.2. The van der Waals surface area contributed by atoms with Crippen LogP contribution in [0.4, 0.5) is 4.39 Å². The van der Waals surface area contributed by atoms with Gasteiger partial charge >= 0.3 is 0 Å². The summed E-state index contributed by atoms with van der Waals surface area (Å²) in [5.41, 5.74) is 5.66. The molecule has 0 aliphatic carbocycles. The van der Waals surface area contributed by atoms with Crippen LogP contribution >= 0.6 is 0 Å². The largest absolute Gasteiger partial charge is 0.318 e. The first-order valence-electron chi connectivity index (χ1n) is 9.09. The summed E-state index contributed by atoms with van der Waals surface area (Å²) in [6.07, 6.45) is 0.800. The van der Waals surface area contributed by atoms with E-state index >= 15 is 0 Å². The molecule has 0 unspecified atom stereocenters. The van der Waals surface area contributed by atoms with Gasteiger partial charge in [-0.05, 0) is 68.3 Å². The van der Waals surface area contributed by atoms with Gasteiger partial charge in [0.05, 0.1) is 10.5 Å². The van der Waals surface area contributed by atoms with Crippen LogP contribution in [0.2, 0.25) is 0 Å². The molecule has 29 heavy (non-hydrogen) atoms. The van der Waals surface area contributed by atoms with Crippen molar-refractivity contribution in [3.8, 4) is 5.69 Å². The smallest absolute Gasteiger partial charge is 0.268 e. The summed E-state index contributed by atoms with van der Waals surface area (Å²) in [7, 11) is -3.89. The standard InChI is InChI=1S/C21H22FN3O3S/c1-4-16-5-11-19(12-6-16)29(27,28)24-23-21(26)20-13-14(2)25(15(20)3)18-9-7-17(22)8-10-18/h5-13,24H,4H2,1-3H3,(H,23,26). The van der Waals surface area contributed by atoms with Crippen LogP contribution in [0.15, 0.2) is 59.5 Å². The van der Waals surface area contributed by atoms with Crippen LogP contribution in [0, 0.1) is 19.7 Å². The van der Waals surface area contributed by atoms with Crippen molar-refractivity contribution in [3.63, 3.8) is 0 Å². The Morgan fingerprint density at radius 1 is 1.03 bits per heavy atom. The van der Waals surface area contributed by atoms with Crippen molar-refractivity contribution in [2.24, 2.45) is 0 Å². The van der Waals surface area contributed by atoms with Crippen molar-refractivity contribution >= 4 is 15.9 Å². The van der Waals surface area contributed by atoms with E-state index in [4.69, 9.17) is 0 Å². The summed E-state index contributed by atoms with van der Waals surface area (Å²) in [6.45, 7) is 5.53. The molecular formula is C21H22FN3O3S. The number of hydrogen-bond donors (Lipinski definition) is 2. The third-order valence-corrected chi connectivity index (χ3v) is 5.96. The zero-order chi connectivity index (χ0) is 21.2. The van der Waals surface area contributed by atoms with Gasteiger partial charge in [-0.15, -0.1) is 4.83 Å². The number of halogens is 1. The van der Waals surface area contributed by atoms with Gasteiger partial charge in [0.2, 0.25) is 0 Å². The number of nitrogens with zero attached hydrogens (tertiary/aromatic N) is 1. The van der Waals surface area contributed by atoms with Crippen molar-refractivity contribution in [1.82, 2.24) is 14.8 Å². The lowest BCUT2D eigenvalue weighted by Crippen LogP contribution is -2.41. The Morgan fingerprint density at radius 3 is 2.24 bits per heavy atom. The van der Waals surface area contributed by atoms with Crippen LogP contribution in [0.1, 0.15) is 34.2 Å². The molecule has 1 aromatic heterocycles. The number of nitrogens with one attached hydrogen (secondary N) is 2. The molecule has 0 atom stereocenters. The molecule has 3 rings (SSSR count).